The normalized spacial score (nSPS) is 10.6. The first-order chi connectivity index (χ1) is 9.65. The average molecular weight is 271 g/mol. The Morgan fingerprint density at radius 1 is 1.20 bits per heavy atom. The Bertz CT molecular complexity index is 612. The molecule has 1 amide bonds. The average Bonchev–Trinajstić information content (AvgIpc) is 2.98. The van der Waals surface area contributed by atoms with Crippen LogP contribution in [0.3, 0.4) is 0 Å². The Balaban J connectivity index is 1.91. The van der Waals surface area contributed by atoms with Gasteiger partial charge >= 0.3 is 5.97 Å². The third kappa shape index (κ3) is 3.84. The molecule has 5 nitrogen and oxygen atoms in total. The molecule has 0 spiro atoms. The quantitative estimate of drug-likeness (QED) is 0.818. The van der Waals surface area contributed by atoms with Crippen molar-refractivity contribution in [2.45, 2.75) is 6.54 Å². The van der Waals surface area contributed by atoms with Crippen LogP contribution in [0.1, 0.15) is 21.5 Å². The van der Waals surface area contributed by atoms with E-state index in [1.165, 1.54) is 18.6 Å². The highest BCUT2D eigenvalue weighted by Gasteiger charge is 2.05. The SMILES string of the molecule is O=C(O)C=Cc1ccc(CNC(=O)c2ccoc2)cc1. The van der Waals surface area contributed by atoms with Gasteiger partial charge in [0, 0.05) is 12.6 Å². The van der Waals surface area contributed by atoms with Crippen molar-refractivity contribution in [2.75, 3.05) is 0 Å². The molecule has 5 heteroatoms. The zero-order valence-corrected chi connectivity index (χ0v) is 10.6. The second kappa shape index (κ2) is 6.38. The van der Waals surface area contributed by atoms with Crippen molar-refractivity contribution in [1.29, 1.82) is 0 Å². The lowest BCUT2D eigenvalue weighted by atomic mass is 10.1. The van der Waals surface area contributed by atoms with Crippen molar-refractivity contribution >= 4 is 18.0 Å². The Morgan fingerprint density at radius 2 is 1.95 bits per heavy atom. The molecular formula is C15H13NO4. The summed E-state index contributed by atoms with van der Waals surface area (Å²) >= 11 is 0. The highest BCUT2D eigenvalue weighted by molar-refractivity contribution is 5.93. The van der Waals surface area contributed by atoms with Crippen LogP contribution < -0.4 is 5.32 Å². The summed E-state index contributed by atoms with van der Waals surface area (Å²) in [4.78, 5) is 22.1. The summed E-state index contributed by atoms with van der Waals surface area (Å²) in [5, 5.41) is 11.3. The van der Waals surface area contributed by atoms with Gasteiger partial charge in [0.2, 0.25) is 0 Å². The zero-order valence-electron chi connectivity index (χ0n) is 10.6. The third-order valence-electron chi connectivity index (χ3n) is 2.63. The number of benzene rings is 1. The fourth-order valence-electron chi connectivity index (χ4n) is 1.59. The molecule has 1 aromatic heterocycles. The second-order valence-corrected chi connectivity index (χ2v) is 4.11. The Labute approximate surface area is 115 Å². The number of carbonyl (C=O) groups is 2. The molecule has 20 heavy (non-hydrogen) atoms. The first kappa shape index (κ1) is 13.6. The van der Waals surface area contributed by atoms with Crippen molar-refractivity contribution in [1.82, 2.24) is 5.32 Å². The van der Waals surface area contributed by atoms with Crippen LogP contribution in [0.4, 0.5) is 0 Å². The van der Waals surface area contributed by atoms with Gasteiger partial charge in [-0.05, 0) is 23.3 Å². The van der Waals surface area contributed by atoms with Crippen LogP contribution in [-0.2, 0) is 11.3 Å². The molecule has 0 aliphatic rings. The minimum Gasteiger partial charge on any atom is -0.478 e. The summed E-state index contributed by atoms with van der Waals surface area (Å²) in [7, 11) is 0. The summed E-state index contributed by atoms with van der Waals surface area (Å²) in [5.74, 6) is -1.19. The van der Waals surface area contributed by atoms with E-state index in [2.05, 4.69) is 5.32 Å². The molecule has 0 fully saturated rings. The van der Waals surface area contributed by atoms with Gasteiger partial charge in [0.1, 0.15) is 6.26 Å². The van der Waals surface area contributed by atoms with Gasteiger partial charge in [-0.1, -0.05) is 24.3 Å². The highest BCUT2D eigenvalue weighted by Crippen LogP contribution is 2.07. The Kier molecular flexibility index (Phi) is 4.34. The monoisotopic (exact) mass is 271 g/mol. The van der Waals surface area contributed by atoms with E-state index < -0.39 is 5.97 Å². The predicted octanol–water partition coefficient (Wildman–Crippen LogP) is 2.31. The van der Waals surface area contributed by atoms with Gasteiger partial charge in [0.05, 0.1) is 11.8 Å². The molecular weight excluding hydrogens is 258 g/mol. The maximum atomic E-state index is 11.7. The topological polar surface area (TPSA) is 79.5 Å². The number of hydrogen-bond donors (Lipinski definition) is 2. The van der Waals surface area contributed by atoms with Crippen LogP contribution in [0.15, 0.2) is 53.4 Å². The summed E-state index contributed by atoms with van der Waals surface area (Å²) in [5.41, 5.74) is 2.19. The number of aliphatic carboxylic acids is 1. The number of hydrogen-bond acceptors (Lipinski definition) is 3. The van der Waals surface area contributed by atoms with Crippen LogP contribution >= 0.6 is 0 Å². The summed E-state index contributed by atoms with van der Waals surface area (Å²) in [6.07, 6.45) is 5.42. The molecule has 1 aromatic carbocycles. The number of carbonyl (C=O) groups excluding carboxylic acids is 1. The lowest BCUT2D eigenvalue weighted by Crippen LogP contribution is -2.22. The van der Waals surface area contributed by atoms with Gasteiger partial charge in [-0.2, -0.15) is 0 Å². The maximum Gasteiger partial charge on any atom is 0.328 e. The standard InChI is InChI=1S/C15H13NO4/c17-14(18)6-5-11-1-3-12(4-2-11)9-16-15(19)13-7-8-20-10-13/h1-8,10H,9H2,(H,16,19)(H,17,18). The van der Waals surface area contributed by atoms with E-state index in [4.69, 9.17) is 9.52 Å². The van der Waals surface area contributed by atoms with Crippen LogP contribution in [-0.4, -0.2) is 17.0 Å². The third-order valence-corrected chi connectivity index (χ3v) is 2.63. The largest absolute Gasteiger partial charge is 0.478 e. The highest BCUT2D eigenvalue weighted by atomic mass is 16.4. The van der Waals surface area contributed by atoms with Crippen LogP contribution in [0.5, 0.6) is 0 Å². The molecule has 0 aliphatic carbocycles. The van der Waals surface area contributed by atoms with E-state index in [1.807, 2.05) is 12.1 Å². The molecule has 0 unspecified atom stereocenters. The van der Waals surface area contributed by atoms with E-state index in [9.17, 15) is 9.59 Å². The number of furan rings is 1. The van der Waals surface area contributed by atoms with Crippen LogP contribution in [0.2, 0.25) is 0 Å². The molecule has 0 radical (unpaired) electrons. The molecule has 1 heterocycles. The van der Waals surface area contributed by atoms with Gasteiger partial charge in [-0.25, -0.2) is 4.79 Å². The summed E-state index contributed by atoms with van der Waals surface area (Å²) in [6, 6.07) is 8.83. The van der Waals surface area contributed by atoms with Gasteiger partial charge in [0.25, 0.3) is 5.91 Å². The molecule has 0 atom stereocenters. The lowest BCUT2D eigenvalue weighted by Gasteiger charge is -2.04. The first-order valence-corrected chi connectivity index (χ1v) is 5.95. The molecule has 0 aliphatic heterocycles. The molecule has 2 rings (SSSR count). The minimum atomic E-state index is -0.985. The fraction of sp³-hybridized carbons (Fsp3) is 0.0667. The Hall–Kier alpha value is -2.82. The maximum absolute atomic E-state index is 11.7. The smallest absolute Gasteiger partial charge is 0.328 e. The van der Waals surface area contributed by atoms with E-state index in [-0.39, 0.29) is 5.91 Å². The van der Waals surface area contributed by atoms with Gasteiger partial charge in [0.15, 0.2) is 0 Å². The van der Waals surface area contributed by atoms with Crippen LogP contribution in [0.25, 0.3) is 6.08 Å². The molecule has 0 saturated heterocycles. The summed E-state index contributed by atoms with van der Waals surface area (Å²) in [6.45, 7) is 0.396. The number of carboxylic acid groups (broad SMARTS) is 1. The number of nitrogens with one attached hydrogen (secondary N) is 1. The van der Waals surface area contributed by atoms with Crippen molar-refractivity contribution < 1.29 is 19.1 Å². The molecule has 0 bridgehead atoms. The van der Waals surface area contributed by atoms with Crippen molar-refractivity contribution in [3.05, 3.63) is 65.6 Å². The Morgan fingerprint density at radius 3 is 2.55 bits per heavy atom. The van der Waals surface area contributed by atoms with E-state index in [0.717, 1.165) is 17.2 Å². The first-order valence-electron chi connectivity index (χ1n) is 5.95. The van der Waals surface area contributed by atoms with Gasteiger partial charge in [-0.3, -0.25) is 4.79 Å². The van der Waals surface area contributed by atoms with E-state index in [0.29, 0.717) is 12.1 Å². The summed E-state index contributed by atoms with van der Waals surface area (Å²) < 4.78 is 4.83. The zero-order chi connectivity index (χ0) is 14.4. The lowest BCUT2D eigenvalue weighted by molar-refractivity contribution is -0.131. The van der Waals surface area contributed by atoms with Gasteiger partial charge in [-0.15, -0.1) is 0 Å². The van der Waals surface area contributed by atoms with Crippen LogP contribution in [0, 0.1) is 0 Å². The number of rotatable bonds is 5. The molecule has 102 valence electrons. The van der Waals surface area contributed by atoms with Crippen molar-refractivity contribution in [3.8, 4) is 0 Å². The molecule has 0 saturated carbocycles. The number of carboxylic acids is 1. The predicted molar refractivity (Wildman–Crippen MR) is 73.0 cm³/mol. The second-order valence-electron chi connectivity index (χ2n) is 4.11. The minimum absolute atomic E-state index is 0.200. The van der Waals surface area contributed by atoms with Crippen molar-refractivity contribution in [3.63, 3.8) is 0 Å². The van der Waals surface area contributed by atoms with Crippen molar-refractivity contribution in [2.24, 2.45) is 0 Å². The number of amides is 1. The molecule has 2 aromatic rings. The fourth-order valence-corrected chi connectivity index (χ4v) is 1.59. The van der Waals surface area contributed by atoms with Gasteiger partial charge < -0.3 is 14.8 Å². The molecule has 2 N–H and O–H groups in total. The van der Waals surface area contributed by atoms with E-state index in [1.54, 1.807) is 18.2 Å². The van der Waals surface area contributed by atoms with E-state index >= 15 is 0 Å².